The molecule has 110 valence electrons. The van der Waals surface area contributed by atoms with Crippen LogP contribution >= 0.6 is 0 Å². The van der Waals surface area contributed by atoms with Crippen LogP contribution in [0.5, 0.6) is 0 Å². The largest absolute Gasteiger partial charge is 0.339 e. The molecule has 0 aliphatic carbocycles. The van der Waals surface area contributed by atoms with Crippen LogP contribution in [0.1, 0.15) is 60.3 Å². The maximum atomic E-state index is 12.8. The molecule has 3 heteroatoms. The number of amides is 1. The highest BCUT2D eigenvalue weighted by Gasteiger charge is 2.34. The van der Waals surface area contributed by atoms with Gasteiger partial charge in [-0.3, -0.25) is 9.59 Å². The van der Waals surface area contributed by atoms with E-state index in [1.165, 1.54) is 0 Å². The zero-order chi connectivity index (χ0) is 14.6. The summed E-state index contributed by atoms with van der Waals surface area (Å²) in [7, 11) is 0. The van der Waals surface area contributed by atoms with Gasteiger partial charge in [-0.15, -0.1) is 0 Å². The molecule has 19 heavy (non-hydrogen) atoms. The third-order valence-electron chi connectivity index (χ3n) is 4.15. The van der Waals surface area contributed by atoms with Crippen LogP contribution in [0.2, 0.25) is 0 Å². The van der Waals surface area contributed by atoms with Crippen molar-refractivity contribution in [3.8, 4) is 0 Å². The van der Waals surface area contributed by atoms with Gasteiger partial charge in [0.05, 0.1) is 0 Å². The topological polar surface area (TPSA) is 37.4 Å². The normalized spacial score (nSPS) is 20.4. The Kier molecular flexibility index (Phi) is 6.02. The molecule has 1 aliphatic rings. The number of piperidine rings is 1. The van der Waals surface area contributed by atoms with E-state index < -0.39 is 0 Å². The van der Waals surface area contributed by atoms with E-state index in [1.807, 2.05) is 4.90 Å². The maximum absolute atomic E-state index is 12.8. The number of likely N-dealkylation sites (tertiary alicyclic amines) is 1. The Morgan fingerprint density at radius 2 is 1.68 bits per heavy atom. The minimum Gasteiger partial charge on any atom is -0.339 e. The summed E-state index contributed by atoms with van der Waals surface area (Å²) < 4.78 is 0. The van der Waals surface area contributed by atoms with Gasteiger partial charge in [-0.1, -0.05) is 27.7 Å². The zero-order valence-electron chi connectivity index (χ0n) is 13.1. The molecule has 0 bridgehead atoms. The van der Waals surface area contributed by atoms with Crippen LogP contribution in [0.25, 0.3) is 0 Å². The number of hydrogen-bond acceptors (Lipinski definition) is 2. The Hall–Kier alpha value is -0.860. The second-order valence-electron chi connectivity index (χ2n) is 6.60. The SMILES string of the molecule is CC(=O)CC1CCCCN1C(=O)C(C(C)C)C(C)C. The van der Waals surface area contributed by atoms with Crippen molar-refractivity contribution in [2.24, 2.45) is 17.8 Å². The lowest BCUT2D eigenvalue weighted by Gasteiger charge is -2.39. The zero-order valence-corrected chi connectivity index (χ0v) is 13.1. The first-order valence-electron chi connectivity index (χ1n) is 7.64. The fourth-order valence-electron chi connectivity index (χ4n) is 3.37. The maximum Gasteiger partial charge on any atom is 0.226 e. The monoisotopic (exact) mass is 267 g/mol. The first-order chi connectivity index (χ1) is 8.84. The van der Waals surface area contributed by atoms with Gasteiger partial charge in [0.2, 0.25) is 5.91 Å². The number of hydrogen-bond donors (Lipinski definition) is 0. The third-order valence-corrected chi connectivity index (χ3v) is 4.15. The van der Waals surface area contributed by atoms with Crippen molar-refractivity contribution in [3.63, 3.8) is 0 Å². The molecule has 1 unspecified atom stereocenters. The summed E-state index contributed by atoms with van der Waals surface area (Å²) in [6.07, 6.45) is 3.71. The molecule has 1 aliphatic heterocycles. The summed E-state index contributed by atoms with van der Waals surface area (Å²) >= 11 is 0. The number of ketones is 1. The highest BCUT2D eigenvalue weighted by Crippen LogP contribution is 2.28. The van der Waals surface area contributed by atoms with E-state index in [9.17, 15) is 9.59 Å². The van der Waals surface area contributed by atoms with Crippen molar-refractivity contribution in [3.05, 3.63) is 0 Å². The number of carbonyl (C=O) groups is 2. The molecule has 1 saturated heterocycles. The molecule has 0 N–H and O–H groups in total. The van der Waals surface area contributed by atoms with E-state index in [1.54, 1.807) is 6.92 Å². The van der Waals surface area contributed by atoms with E-state index in [-0.39, 0.29) is 23.7 Å². The predicted octanol–water partition coefficient (Wildman–Crippen LogP) is 3.27. The van der Waals surface area contributed by atoms with Crippen molar-refractivity contribution in [1.82, 2.24) is 4.90 Å². The van der Waals surface area contributed by atoms with Crippen LogP contribution in [0, 0.1) is 17.8 Å². The molecule has 3 nitrogen and oxygen atoms in total. The number of nitrogens with zero attached hydrogens (tertiary/aromatic N) is 1. The molecule has 1 atom stereocenters. The number of rotatable bonds is 5. The van der Waals surface area contributed by atoms with E-state index in [2.05, 4.69) is 27.7 Å². The molecule has 0 saturated carbocycles. The van der Waals surface area contributed by atoms with Crippen LogP contribution in [0.3, 0.4) is 0 Å². The van der Waals surface area contributed by atoms with Crippen LogP contribution in [-0.4, -0.2) is 29.2 Å². The molecular weight excluding hydrogens is 238 g/mol. The van der Waals surface area contributed by atoms with E-state index >= 15 is 0 Å². The summed E-state index contributed by atoms with van der Waals surface area (Å²) in [4.78, 5) is 26.2. The van der Waals surface area contributed by atoms with Gasteiger partial charge in [-0.05, 0) is 38.0 Å². The molecule has 1 fully saturated rings. The molecule has 0 aromatic carbocycles. The Morgan fingerprint density at radius 1 is 1.11 bits per heavy atom. The molecule has 1 amide bonds. The molecule has 0 aromatic rings. The van der Waals surface area contributed by atoms with Gasteiger partial charge in [0.15, 0.2) is 0 Å². The van der Waals surface area contributed by atoms with Gasteiger partial charge in [0.1, 0.15) is 5.78 Å². The van der Waals surface area contributed by atoms with Crippen LogP contribution in [-0.2, 0) is 9.59 Å². The highest BCUT2D eigenvalue weighted by molar-refractivity contribution is 5.81. The van der Waals surface area contributed by atoms with Gasteiger partial charge >= 0.3 is 0 Å². The van der Waals surface area contributed by atoms with E-state index in [4.69, 9.17) is 0 Å². The summed E-state index contributed by atoms with van der Waals surface area (Å²) in [6.45, 7) is 10.9. The van der Waals surface area contributed by atoms with Crippen molar-refractivity contribution in [2.45, 2.75) is 66.3 Å². The van der Waals surface area contributed by atoms with Crippen LogP contribution in [0.15, 0.2) is 0 Å². The Morgan fingerprint density at radius 3 is 2.16 bits per heavy atom. The third kappa shape index (κ3) is 4.32. The Bertz CT molecular complexity index is 315. The van der Waals surface area contributed by atoms with Gasteiger partial charge in [0.25, 0.3) is 0 Å². The summed E-state index contributed by atoms with van der Waals surface area (Å²) in [5.41, 5.74) is 0. The molecule has 1 heterocycles. The lowest BCUT2D eigenvalue weighted by molar-refractivity contribution is -0.143. The van der Waals surface area contributed by atoms with Gasteiger partial charge < -0.3 is 4.90 Å². The minimum atomic E-state index is 0.0764. The molecule has 1 rings (SSSR count). The molecule has 0 aromatic heterocycles. The molecule has 0 spiro atoms. The van der Waals surface area contributed by atoms with Crippen molar-refractivity contribution >= 4 is 11.7 Å². The average Bonchev–Trinajstić information content (AvgIpc) is 2.27. The summed E-state index contributed by atoms with van der Waals surface area (Å²) in [5, 5.41) is 0. The first kappa shape index (κ1) is 16.2. The van der Waals surface area contributed by atoms with Crippen molar-refractivity contribution in [1.29, 1.82) is 0 Å². The fourth-order valence-corrected chi connectivity index (χ4v) is 3.37. The lowest BCUT2D eigenvalue weighted by atomic mass is 9.83. The van der Waals surface area contributed by atoms with E-state index in [0.717, 1.165) is 25.8 Å². The average molecular weight is 267 g/mol. The Balaban J connectivity index is 2.83. The standard InChI is InChI=1S/C16H29NO2/c1-11(2)15(12(3)4)16(19)17-9-7-6-8-14(17)10-13(5)18/h11-12,14-15H,6-10H2,1-5H3. The summed E-state index contributed by atoms with van der Waals surface area (Å²) in [5.74, 6) is 1.23. The van der Waals surface area contributed by atoms with Crippen LogP contribution in [0.4, 0.5) is 0 Å². The van der Waals surface area contributed by atoms with Crippen LogP contribution < -0.4 is 0 Å². The van der Waals surface area contributed by atoms with Gasteiger partial charge in [-0.25, -0.2) is 0 Å². The number of Topliss-reactive ketones (excluding diaryl/α,β-unsaturated/α-hetero) is 1. The van der Waals surface area contributed by atoms with Crippen molar-refractivity contribution in [2.75, 3.05) is 6.54 Å². The molecule has 0 radical (unpaired) electrons. The molecular formula is C16H29NO2. The minimum absolute atomic E-state index is 0.0764. The Labute approximate surface area is 117 Å². The summed E-state index contributed by atoms with van der Waals surface area (Å²) in [6, 6.07) is 0.138. The second kappa shape index (κ2) is 7.06. The highest BCUT2D eigenvalue weighted by atomic mass is 16.2. The quantitative estimate of drug-likeness (QED) is 0.766. The van der Waals surface area contributed by atoms with E-state index in [0.29, 0.717) is 18.3 Å². The van der Waals surface area contributed by atoms with Gasteiger partial charge in [-0.2, -0.15) is 0 Å². The second-order valence-corrected chi connectivity index (χ2v) is 6.60. The van der Waals surface area contributed by atoms with Crippen molar-refractivity contribution < 1.29 is 9.59 Å². The lowest BCUT2D eigenvalue weighted by Crippen LogP contribution is -2.49. The fraction of sp³-hybridized carbons (Fsp3) is 0.875. The van der Waals surface area contributed by atoms with Gasteiger partial charge in [0, 0.05) is 24.9 Å². The first-order valence-corrected chi connectivity index (χ1v) is 7.64. The smallest absolute Gasteiger partial charge is 0.226 e. The number of carbonyl (C=O) groups excluding carboxylic acids is 2. The predicted molar refractivity (Wildman–Crippen MR) is 77.8 cm³/mol.